The number of allylic oxidation sites excluding steroid dienone is 1. The van der Waals surface area contributed by atoms with Crippen molar-refractivity contribution in [3.05, 3.63) is 101 Å². The standard InChI is InChI=1S/C28H33F2N4.C2H6.V/c1-17-14-22(12-13-25(17)34(5)26-15-18(26)2)32-19(3)27(31)24-11-7-10-23(33-24)20-8-6-9-21(16-20)28(4,29)30;1-2;/h6,8-9,12-16,23,32-33H,3,7,10-11,31H2,1-2,4-5H3;1-2H3;/q-1;;/b27-24-;;. The van der Waals surface area contributed by atoms with Crippen LogP contribution in [-0.4, -0.2) is 7.05 Å². The fraction of sp³-hybridized carbons (Fsp3) is 0.367. The monoisotopic (exact) mass is 544 g/mol. The molecule has 1 atom stereocenters. The number of rotatable bonds is 7. The first kappa shape index (κ1) is 30.4. The predicted octanol–water partition coefficient (Wildman–Crippen LogP) is 7.67. The van der Waals surface area contributed by atoms with Gasteiger partial charge in [0.2, 0.25) is 0 Å². The summed E-state index contributed by atoms with van der Waals surface area (Å²) in [5.74, 6) is -2.87. The number of nitrogens with two attached hydrogens (primary N) is 1. The average Bonchev–Trinajstić information content (AvgIpc) is 3.60. The molecule has 4 nitrogen and oxygen atoms in total. The van der Waals surface area contributed by atoms with Gasteiger partial charge in [-0.2, -0.15) is 6.04 Å². The maximum atomic E-state index is 13.8. The van der Waals surface area contributed by atoms with E-state index in [1.54, 1.807) is 12.1 Å². The number of nitrogens with zero attached hydrogens (tertiary/aromatic N) is 1. The van der Waals surface area contributed by atoms with E-state index in [2.05, 4.69) is 61.2 Å². The minimum Gasteiger partial charge on any atom is -0.420 e. The van der Waals surface area contributed by atoms with Gasteiger partial charge in [0.15, 0.2) is 0 Å². The number of nitrogens with one attached hydrogen (secondary N) is 2. The molecule has 2 aromatic rings. The van der Waals surface area contributed by atoms with Gasteiger partial charge in [0.1, 0.15) is 0 Å². The van der Waals surface area contributed by atoms with Crippen molar-refractivity contribution < 1.29 is 27.3 Å². The minimum absolute atomic E-state index is 0. The molecule has 0 aromatic heterocycles. The first-order valence-corrected chi connectivity index (χ1v) is 12.6. The van der Waals surface area contributed by atoms with E-state index in [0.29, 0.717) is 11.4 Å². The molecule has 1 unspecified atom stereocenters. The van der Waals surface area contributed by atoms with E-state index in [4.69, 9.17) is 5.73 Å². The number of halogens is 2. The molecule has 1 saturated heterocycles. The smallest absolute Gasteiger partial charge is 0.270 e. The Bertz CT molecular complexity index is 1170. The zero-order valence-corrected chi connectivity index (χ0v) is 24.1. The molecular weight excluding hydrogens is 505 g/mol. The molecule has 1 heterocycles. The van der Waals surface area contributed by atoms with Crippen LogP contribution >= 0.6 is 0 Å². The molecule has 1 aliphatic heterocycles. The third kappa shape index (κ3) is 7.36. The third-order valence-corrected chi connectivity index (χ3v) is 6.60. The summed E-state index contributed by atoms with van der Waals surface area (Å²) in [6, 6.07) is 14.0. The van der Waals surface area contributed by atoms with Gasteiger partial charge in [-0.05, 0) is 68.6 Å². The van der Waals surface area contributed by atoms with Gasteiger partial charge < -0.3 is 21.3 Å². The molecule has 37 heavy (non-hydrogen) atoms. The summed E-state index contributed by atoms with van der Waals surface area (Å²) in [6.45, 7) is 13.3. The second-order valence-electron chi connectivity index (χ2n) is 9.37. The number of alkyl halides is 2. The SMILES string of the molecule is C=C(Nc1ccc(N(C)[C-]2C=C2C)c(C)c1)/C(N)=C1\CCCC(c2cccc(C(C)(F)F)c2)N1.CC.[V]. The Kier molecular flexibility index (Phi) is 10.4. The van der Waals surface area contributed by atoms with Crippen molar-refractivity contribution in [2.75, 3.05) is 17.3 Å². The summed E-state index contributed by atoms with van der Waals surface area (Å²) in [5.41, 5.74) is 13.9. The Morgan fingerprint density at radius 2 is 1.86 bits per heavy atom. The largest absolute Gasteiger partial charge is 0.420 e. The number of piperidine rings is 1. The minimum atomic E-state index is -2.87. The normalized spacial score (nSPS) is 17.8. The number of anilines is 2. The van der Waals surface area contributed by atoms with Crippen LogP contribution in [0.3, 0.4) is 0 Å². The molecule has 1 aliphatic carbocycles. The van der Waals surface area contributed by atoms with E-state index in [0.717, 1.165) is 54.4 Å². The fourth-order valence-corrected chi connectivity index (χ4v) is 4.52. The van der Waals surface area contributed by atoms with Gasteiger partial charge in [-0.1, -0.05) is 38.6 Å². The van der Waals surface area contributed by atoms with Crippen LogP contribution in [0.25, 0.3) is 0 Å². The topological polar surface area (TPSA) is 53.3 Å². The van der Waals surface area contributed by atoms with Crippen molar-refractivity contribution in [2.45, 2.75) is 65.8 Å². The van der Waals surface area contributed by atoms with E-state index in [-0.39, 0.29) is 30.2 Å². The van der Waals surface area contributed by atoms with Crippen molar-refractivity contribution >= 4 is 11.4 Å². The molecule has 7 heteroatoms. The van der Waals surface area contributed by atoms with Gasteiger partial charge in [0, 0.05) is 48.1 Å². The van der Waals surface area contributed by atoms with Crippen LogP contribution in [0.1, 0.15) is 69.7 Å². The van der Waals surface area contributed by atoms with E-state index in [9.17, 15) is 8.78 Å². The van der Waals surface area contributed by atoms with E-state index < -0.39 is 5.92 Å². The number of hydrogen-bond acceptors (Lipinski definition) is 4. The maximum absolute atomic E-state index is 13.8. The molecule has 1 fully saturated rings. The predicted molar refractivity (Wildman–Crippen MR) is 148 cm³/mol. The molecule has 2 aliphatic rings. The maximum Gasteiger partial charge on any atom is 0.270 e. The van der Waals surface area contributed by atoms with Crippen LogP contribution in [0, 0.1) is 13.0 Å². The molecule has 199 valence electrons. The van der Waals surface area contributed by atoms with Crippen molar-refractivity contribution in [3.8, 4) is 0 Å². The molecule has 4 N–H and O–H groups in total. The summed E-state index contributed by atoms with van der Waals surface area (Å²) in [5, 5.41) is 6.80. The van der Waals surface area contributed by atoms with Gasteiger partial charge in [-0.3, -0.25) is 6.08 Å². The average molecular weight is 545 g/mol. The van der Waals surface area contributed by atoms with Crippen molar-refractivity contribution in [1.82, 2.24) is 5.32 Å². The number of benzene rings is 2. The van der Waals surface area contributed by atoms with Crippen LogP contribution in [0.5, 0.6) is 0 Å². The summed E-state index contributed by atoms with van der Waals surface area (Å²) >= 11 is 0. The Balaban J connectivity index is 0.00000157. The van der Waals surface area contributed by atoms with E-state index in [1.807, 2.05) is 26.0 Å². The van der Waals surface area contributed by atoms with E-state index in [1.165, 1.54) is 17.7 Å². The zero-order chi connectivity index (χ0) is 26.6. The molecule has 0 spiro atoms. The molecule has 0 amide bonds. The van der Waals surface area contributed by atoms with Crippen LogP contribution in [0.2, 0.25) is 0 Å². The number of likely N-dealkylation sites (N-methyl/N-ethyl adjacent to an activating group) is 1. The number of hydrogen-bond donors (Lipinski definition) is 3. The quantitative estimate of drug-likeness (QED) is 0.313. The first-order chi connectivity index (χ1) is 17.0. The van der Waals surface area contributed by atoms with Crippen LogP contribution in [-0.2, 0) is 24.5 Å². The van der Waals surface area contributed by atoms with Crippen LogP contribution < -0.4 is 21.3 Å². The zero-order valence-electron chi connectivity index (χ0n) is 22.8. The summed E-state index contributed by atoms with van der Waals surface area (Å²) in [6.07, 6.45) is 4.73. The van der Waals surface area contributed by atoms with Gasteiger partial charge in [-0.25, -0.2) is 14.4 Å². The molecule has 2 aromatic carbocycles. The summed E-state index contributed by atoms with van der Waals surface area (Å²) in [4.78, 5) is 2.19. The van der Waals surface area contributed by atoms with Gasteiger partial charge >= 0.3 is 0 Å². The van der Waals surface area contributed by atoms with Crippen molar-refractivity contribution in [2.24, 2.45) is 5.73 Å². The van der Waals surface area contributed by atoms with Gasteiger partial charge in [0.05, 0.1) is 17.4 Å². The Hall–Kier alpha value is -2.83. The van der Waals surface area contributed by atoms with Crippen LogP contribution in [0.15, 0.2) is 77.8 Å². The van der Waals surface area contributed by atoms with Crippen LogP contribution in [0.4, 0.5) is 20.2 Å². The Morgan fingerprint density at radius 3 is 2.46 bits per heavy atom. The first-order valence-electron chi connectivity index (χ1n) is 12.6. The molecule has 4 rings (SSSR count). The van der Waals surface area contributed by atoms with E-state index >= 15 is 0 Å². The van der Waals surface area contributed by atoms with Crippen molar-refractivity contribution in [1.29, 1.82) is 0 Å². The van der Waals surface area contributed by atoms with Crippen molar-refractivity contribution in [3.63, 3.8) is 0 Å². The third-order valence-electron chi connectivity index (χ3n) is 6.60. The second-order valence-corrected chi connectivity index (χ2v) is 9.37. The number of aryl methyl sites for hydroxylation is 1. The van der Waals surface area contributed by atoms with Gasteiger partial charge in [0.25, 0.3) is 5.92 Å². The molecule has 0 bridgehead atoms. The molecule has 1 radical (unpaired) electrons. The molecule has 0 saturated carbocycles. The van der Waals surface area contributed by atoms with Gasteiger partial charge in [-0.15, -0.1) is 6.92 Å². The fourth-order valence-electron chi connectivity index (χ4n) is 4.52. The summed E-state index contributed by atoms with van der Waals surface area (Å²) < 4.78 is 27.6. The second kappa shape index (κ2) is 12.6. The Morgan fingerprint density at radius 1 is 1.19 bits per heavy atom. The summed E-state index contributed by atoms with van der Waals surface area (Å²) in [7, 11) is 2.07. The molecular formula is C30H39F2N4V-. The Labute approximate surface area is 233 Å².